The van der Waals surface area contributed by atoms with Crippen LogP contribution in [-0.2, 0) is 10.0 Å². The molecule has 1 saturated carbocycles. The van der Waals surface area contributed by atoms with Crippen LogP contribution in [0.4, 0.5) is 5.69 Å². The summed E-state index contributed by atoms with van der Waals surface area (Å²) in [6.45, 7) is 5.09. The Bertz CT molecular complexity index is 539. The van der Waals surface area contributed by atoms with Crippen molar-refractivity contribution in [2.45, 2.75) is 39.2 Å². The summed E-state index contributed by atoms with van der Waals surface area (Å²) in [6, 6.07) is 8.27. The minimum Gasteiger partial charge on any atom is -0.314 e. The molecule has 0 spiro atoms. The number of nitrogens with zero attached hydrogens (tertiary/aromatic N) is 1. The molecule has 112 valence electrons. The fraction of sp³-hybridized carbons (Fsp3) is 0.600. The Balaban J connectivity index is 1.99. The Labute approximate surface area is 122 Å². The monoisotopic (exact) mass is 296 g/mol. The lowest BCUT2D eigenvalue weighted by Crippen LogP contribution is -2.34. The molecule has 0 unspecified atom stereocenters. The van der Waals surface area contributed by atoms with E-state index in [4.69, 9.17) is 0 Å². The second-order valence-electron chi connectivity index (χ2n) is 5.35. The lowest BCUT2D eigenvalue weighted by molar-refractivity contribution is 0.584. The highest BCUT2D eigenvalue weighted by atomic mass is 32.2. The van der Waals surface area contributed by atoms with Crippen LogP contribution in [0.3, 0.4) is 0 Å². The van der Waals surface area contributed by atoms with Crippen molar-refractivity contribution in [1.29, 1.82) is 0 Å². The zero-order valence-corrected chi connectivity index (χ0v) is 13.1. The summed E-state index contributed by atoms with van der Waals surface area (Å²) in [5, 5.41) is 3.35. The number of nitrogens with one attached hydrogen (secondary N) is 1. The quantitative estimate of drug-likeness (QED) is 0.749. The van der Waals surface area contributed by atoms with Crippen molar-refractivity contribution in [2.75, 3.05) is 23.1 Å². The molecule has 0 aliphatic heterocycles. The molecule has 4 nitrogen and oxygen atoms in total. The van der Waals surface area contributed by atoms with Gasteiger partial charge in [0, 0.05) is 12.6 Å². The Morgan fingerprint density at radius 1 is 1.30 bits per heavy atom. The normalized spacial score (nSPS) is 15.3. The molecule has 1 N–H and O–H groups in total. The lowest BCUT2D eigenvalue weighted by Gasteiger charge is -2.24. The highest BCUT2D eigenvalue weighted by molar-refractivity contribution is 7.92. The minimum atomic E-state index is -3.23. The number of sulfonamides is 1. The topological polar surface area (TPSA) is 49.4 Å². The molecule has 0 atom stereocenters. The van der Waals surface area contributed by atoms with Gasteiger partial charge in [-0.05, 0) is 51.3 Å². The summed E-state index contributed by atoms with van der Waals surface area (Å²) in [7, 11) is -3.23. The summed E-state index contributed by atoms with van der Waals surface area (Å²) in [5.41, 5.74) is 1.79. The summed E-state index contributed by atoms with van der Waals surface area (Å²) in [6.07, 6.45) is 3.13. The zero-order valence-electron chi connectivity index (χ0n) is 12.3. The summed E-state index contributed by atoms with van der Waals surface area (Å²) in [4.78, 5) is 0. The fourth-order valence-electron chi connectivity index (χ4n) is 2.32. The van der Waals surface area contributed by atoms with Crippen LogP contribution in [0.25, 0.3) is 0 Å². The number of anilines is 1. The SMILES string of the molecule is CCN(c1ccccc1C)S(=O)(=O)CCCNC1CC1. The molecule has 2 rings (SSSR count). The third-order valence-electron chi connectivity index (χ3n) is 3.60. The largest absolute Gasteiger partial charge is 0.314 e. The first-order chi connectivity index (χ1) is 9.54. The van der Waals surface area contributed by atoms with E-state index in [1.54, 1.807) is 0 Å². The average Bonchev–Trinajstić information content (AvgIpc) is 3.22. The van der Waals surface area contributed by atoms with Crippen molar-refractivity contribution >= 4 is 15.7 Å². The fourth-order valence-corrected chi connectivity index (χ4v) is 3.95. The van der Waals surface area contributed by atoms with Crippen LogP contribution in [0, 0.1) is 6.92 Å². The molecule has 5 heteroatoms. The van der Waals surface area contributed by atoms with Gasteiger partial charge in [0.05, 0.1) is 11.4 Å². The molecule has 0 heterocycles. The standard InChI is InChI=1S/C15H24N2O2S/c1-3-17(15-8-5-4-7-13(15)2)20(18,19)12-6-11-16-14-9-10-14/h4-5,7-8,14,16H,3,6,9-12H2,1-2H3. The van der Waals surface area contributed by atoms with E-state index in [1.165, 1.54) is 17.1 Å². The van der Waals surface area contributed by atoms with Gasteiger partial charge in [0.15, 0.2) is 0 Å². The van der Waals surface area contributed by atoms with E-state index in [1.807, 2.05) is 38.1 Å². The molecule has 1 aromatic rings. The third-order valence-corrected chi connectivity index (χ3v) is 5.53. The van der Waals surface area contributed by atoms with Gasteiger partial charge in [0.1, 0.15) is 0 Å². The van der Waals surface area contributed by atoms with E-state index in [0.29, 0.717) is 19.0 Å². The van der Waals surface area contributed by atoms with Gasteiger partial charge in [-0.2, -0.15) is 0 Å². The van der Waals surface area contributed by atoms with Crippen LogP contribution in [-0.4, -0.2) is 33.3 Å². The van der Waals surface area contributed by atoms with Crippen molar-refractivity contribution in [1.82, 2.24) is 5.32 Å². The molecule has 1 aliphatic rings. The summed E-state index contributed by atoms with van der Waals surface area (Å²) < 4.78 is 26.5. The Kier molecular flexibility index (Phi) is 5.05. The zero-order chi connectivity index (χ0) is 14.6. The summed E-state index contributed by atoms with van der Waals surface area (Å²) in [5.74, 6) is 0.203. The maximum atomic E-state index is 12.5. The van der Waals surface area contributed by atoms with E-state index < -0.39 is 10.0 Å². The minimum absolute atomic E-state index is 0.203. The average molecular weight is 296 g/mol. The van der Waals surface area contributed by atoms with Gasteiger partial charge in [0.2, 0.25) is 10.0 Å². The van der Waals surface area contributed by atoms with Gasteiger partial charge >= 0.3 is 0 Å². The van der Waals surface area contributed by atoms with E-state index in [2.05, 4.69) is 5.32 Å². The van der Waals surface area contributed by atoms with Crippen molar-refractivity contribution in [3.63, 3.8) is 0 Å². The van der Waals surface area contributed by atoms with Crippen molar-refractivity contribution in [3.8, 4) is 0 Å². The first-order valence-corrected chi connectivity index (χ1v) is 8.95. The smallest absolute Gasteiger partial charge is 0.235 e. The van der Waals surface area contributed by atoms with Gasteiger partial charge in [-0.15, -0.1) is 0 Å². The van der Waals surface area contributed by atoms with Crippen LogP contribution >= 0.6 is 0 Å². The molecule has 20 heavy (non-hydrogen) atoms. The van der Waals surface area contributed by atoms with Crippen LogP contribution in [0.2, 0.25) is 0 Å². The first-order valence-electron chi connectivity index (χ1n) is 7.34. The van der Waals surface area contributed by atoms with E-state index in [0.717, 1.165) is 17.8 Å². The molecule has 1 aliphatic carbocycles. The van der Waals surface area contributed by atoms with Crippen LogP contribution in [0.1, 0.15) is 31.7 Å². The second kappa shape index (κ2) is 6.59. The van der Waals surface area contributed by atoms with Gasteiger partial charge < -0.3 is 5.32 Å². The van der Waals surface area contributed by atoms with E-state index >= 15 is 0 Å². The number of hydrogen-bond donors (Lipinski definition) is 1. The Morgan fingerprint density at radius 2 is 2.00 bits per heavy atom. The lowest BCUT2D eigenvalue weighted by atomic mass is 10.2. The van der Waals surface area contributed by atoms with Crippen LogP contribution < -0.4 is 9.62 Å². The Morgan fingerprint density at radius 3 is 2.60 bits per heavy atom. The number of hydrogen-bond acceptors (Lipinski definition) is 3. The maximum Gasteiger partial charge on any atom is 0.235 e. The third kappa shape index (κ3) is 3.96. The van der Waals surface area contributed by atoms with E-state index in [9.17, 15) is 8.42 Å². The van der Waals surface area contributed by atoms with Crippen LogP contribution in [0.5, 0.6) is 0 Å². The first kappa shape index (κ1) is 15.3. The van der Waals surface area contributed by atoms with Gasteiger partial charge in [0.25, 0.3) is 0 Å². The molecular formula is C15H24N2O2S. The Hall–Kier alpha value is -1.07. The number of aryl methyl sites for hydroxylation is 1. The van der Waals surface area contributed by atoms with E-state index in [-0.39, 0.29) is 5.75 Å². The molecule has 1 fully saturated rings. The van der Waals surface area contributed by atoms with Gasteiger partial charge in [-0.1, -0.05) is 18.2 Å². The van der Waals surface area contributed by atoms with Crippen LogP contribution in [0.15, 0.2) is 24.3 Å². The second-order valence-corrected chi connectivity index (χ2v) is 7.36. The van der Waals surface area contributed by atoms with Crippen molar-refractivity contribution < 1.29 is 8.42 Å². The molecule has 0 bridgehead atoms. The molecular weight excluding hydrogens is 272 g/mol. The molecule has 1 aromatic carbocycles. The number of rotatable bonds is 8. The highest BCUT2D eigenvalue weighted by Gasteiger charge is 2.23. The van der Waals surface area contributed by atoms with Crippen molar-refractivity contribution in [2.24, 2.45) is 0 Å². The molecule has 0 saturated heterocycles. The number of para-hydroxylation sites is 1. The predicted octanol–water partition coefficient (Wildman–Crippen LogP) is 2.29. The predicted molar refractivity (Wildman–Crippen MR) is 83.6 cm³/mol. The van der Waals surface area contributed by atoms with Crippen molar-refractivity contribution in [3.05, 3.63) is 29.8 Å². The maximum absolute atomic E-state index is 12.5. The van der Waals surface area contributed by atoms with Gasteiger partial charge in [-0.25, -0.2) is 8.42 Å². The number of benzene rings is 1. The summed E-state index contributed by atoms with van der Waals surface area (Å²) >= 11 is 0. The van der Waals surface area contributed by atoms with Gasteiger partial charge in [-0.3, -0.25) is 4.31 Å². The molecule has 0 amide bonds. The highest BCUT2D eigenvalue weighted by Crippen LogP contribution is 2.23. The molecule has 0 aromatic heterocycles. The molecule has 0 radical (unpaired) electrons.